The largest absolute Gasteiger partial charge is 0.416 e. The number of benzene rings is 2. The number of rotatable bonds is 5. The molecule has 158 valence electrons. The van der Waals surface area contributed by atoms with Gasteiger partial charge in [-0.15, -0.1) is 0 Å². The summed E-state index contributed by atoms with van der Waals surface area (Å²) in [7, 11) is 0. The second-order valence-electron chi connectivity index (χ2n) is 8.03. The van der Waals surface area contributed by atoms with E-state index in [1.54, 1.807) is 12.3 Å². The predicted octanol–water partition coefficient (Wildman–Crippen LogP) is 6.16. The van der Waals surface area contributed by atoms with Gasteiger partial charge in [-0.3, -0.25) is 4.79 Å². The lowest BCUT2D eigenvalue weighted by molar-refractivity contribution is -0.138. The number of hydrogen-bond donors (Lipinski definition) is 2. The first-order chi connectivity index (χ1) is 14.4. The maximum absolute atomic E-state index is 13.8. The molecular formula is C24H25F3N2O. The summed E-state index contributed by atoms with van der Waals surface area (Å²) in [5, 5.41) is 3.89. The SMILES string of the molecule is O=C(CC(c1ccccc1C(F)(F)F)c1c[nH]c2ccccc12)NC1CCCCC1. The molecule has 2 N–H and O–H groups in total. The quantitative estimate of drug-likeness (QED) is 0.516. The molecule has 0 spiro atoms. The van der Waals surface area contributed by atoms with E-state index < -0.39 is 17.7 Å². The Labute approximate surface area is 173 Å². The van der Waals surface area contributed by atoms with Gasteiger partial charge in [0.2, 0.25) is 5.91 Å². The van der Waals surface area contributed by atoms with Gasteiger partial charge in [-0.2, -0.15) is 13.2 Å². The molecule has 2 aromatic carbocycles. The molecule has 0 radical (unpaired) electrons. The van der Waals surface area contributed by atoms with Crippen LogP contribution in [0.2, 0.25) is 0 Å². The highest BCUT2D eigenvalue weighted by Crippen LogP contribution is 2.40. The van der Waals surface area contributed by atoms with Crippen molar-refractivity contribution in [3.8, 4) is 0 Å². The molecule has 3 aromatic rings. The van der Waals surface area contributed by atoms with Gasteiger partial charge >= 0.3 is 6.18 Å². The minimum absolute atomic E-state index is 0.0224. The average Bonchev–Trinajstić information content (AvgIpc) is 3.16. The molecule has 1 saturated carbocycles. The zero-order chi connectivity index (χ0) is 21.1. The fourth-order valence-electron chi connectivity index (χ4n) is 4.55. The molecule has 6 heteroatoms. The van der Waals surface area contributed by atoms with E-state index in [1.165, 1.54) is 18.6 Å². The van der Waals surface area contributed by atoms with Crippen molar-refractivity contribution in [2.45, 2.75) is 56.7 Å². The Hall–Kier alpha value is -2.76. The summed E-state index contributed by atoms with van der Waals surface area (Å²) < 4.78 is 41.3. The number of H-pyrrole nitrogens is 1. The van der Waals surface area contributed by atoms with Gasteiger partial charge in [0, 0.05) is 35.5 Å². The van der Waals surface area contributed by atoms with Gasteiger partial charge in [0.25, 0.3) is 0 Å². The number of aromatic amines is 1. The third kappa shape index (κ3) is 4.37. The molecule has 1 unspecified atom stereocenters. The zero-order valence-electron chi connectivity index (χ0n) is 16.6. The number of nitrogens with one attached hydrogen (secondary N) is 2. The molecule has 1 amide bonds. The third-order valence-electron chi connectivity index (χ3n) is 6.00. The van der Waals surface area contributed by atoms with Gasteiger partial charge < -0.3 is 10.3 Å². The van der Waals surface area contributed by atoms with Crippen LogP contribution < -0.4 is 5.32 Å². The Morgan fingerprint density at radius 1 is 1.00 bits per heavy atom. The van der Waals surface area contributed by atoms with Gasteiger partial charge in [0.15, 0.2) is 0 Å². The molecule has 1 aliphatic rings. The Morgan fingerprint density at radius 3 is 2.47 bits per heavy atom. The van der Waals surface area contributed by atoms with E-state index in [-0.39, 0.29) is 23.9 Å². The Bertz CT molecular complexity index is 1020. The molecule has 3 nitrogen and oxygen atoms in total. The fourth-order valence-corrected chi connectivity index (χ4v) is 4.55. The Morgan fingerprint density at radius 2 is 1.70 bits per heavy atom. The second kappa shape index (κ2) is 8.54. The van der Waals surface area contributed by atoms with Gasteiger partial charge in [0.1, 0.15) is 0 Å². The smallest absolute Gasteiger partial charge is 0.361 e. The van der Waals surface area contributed by atoms with Crippen molar-refractivity contribution in [2.75, 3.05) is 0 Å². The third-order valence-corrected chi connectivity index (χ3v) is 6.00. The number of carbonyl (C=O) groups excluding carboxylic acids is 1. The van der Waals surface area contributed by atoms with Gasteiger partial charge in [-0.05, 0) is 36.1 Å². The van der Waals surface area contributed by atoms with E-state index in [0.29, 0.717) is 5.56 Å². The van der Waals surface area contributed by atoms with Gasteiger partial charge in [0.05, 0.1) is 5.56 Å². The maximum atomic E-state index is 13.8. The molecular weight excluding hydrogens is 389 g/mol. The van der Waals surface area contributed by atoms with Crippen LogP contribution in [0.3, 0.4) is 0 Å². The van der Waals surface area contributed by atoms with E-state index >= 15 is 0 Å². The highest BCUT2D eigenvalue weighted by Gasteiger charge is 2.36. The number of aromatic nitrogens is 1. The van der Waals surface area contributed by atoms with Crippen LogP contribution in [-0.4, -0.2) is 16.9 Å². The summed E-state index contributed by atoms with van der Waals surface area (Å²) >= 11 is 0. The number of fused-ring (bicyclic) bond motifs is 1. The van der Waals surface area contributed by atoms with E-state index in [4.69, 9.17) is 0 Å². The van der Waals surface area contributed by atoms with Gasteiger partial charge in [-0.1, -0.05) is 55.7 Å². The summed E-state index contributed by atoms with van der Waals surface area (Å²) in [4.78, 5) is 16.0. The number of alkyl halides is 3. The Kier molecular flexibility index (Phi) is 5.84. The Balaban J connectivity index is 1.72. The summed E-state index contributed by atoms with van der Waals surface area (Å²) in [6.45, 7) is 0. The molecule has 1 aliphatic carbocycles. The zero-order valence-corrected chi connectivity index (χ0v) is 16.6. The topological polar surface area (TPSA) is 44.9 Å². The predicted molar refractivity (Wildman–Crippen MR) is 111 cm³/mol. The first kappa shape index (κ1) is 20.5. The molecule has 0 bridgehead atoms. The molecule has 1 fully saturated rings. The number of halogens is 3. The van der Waals surface area contributed by atoms with E-state index in [1.807, 2.05) is 24.3 Å². The first-order valence-electron chi connectivity index (χ1n) is 10.4. The number of carbonyl (C=O) groups is 1. The highest BCUT2D eigenvalue weighted by atomic mass is 19.4. The molecule has 1 aromatic heterocycles. The summed E-state index contributed by atoms with van der Waals surface area (Å²) in [6, 6.07) is 13.2. The van der Waals surface area contributed by atoms with Crippen molar-refractivity contribution in [3.63, 3.8) is 0 Å². The van der Waals surface area contributed by atoms with Crippen molar-refractivity contribution >= 4 is 16.8 Å². The summed E-state index contributed by atoms with van der Waals surface area (Å²) in [6.07, 6.45) is 2.42. The lowest BCUT2D eigenvalue weighted by Gasteiger charge is -2.25. The standard InChI is InChI=1S/C24H25F3N2O/c25-24(26,27)21-12-6-4-10-17(21)19(14-23(30)29-16-8-2-1-3-9-16)20-15-28-22-13-7-5-11-18(20)22/h4-7,10-13,15-16,19,28H,1-3,8-9,14H2,(H,29,30). The summed E-state index contributed by atoms with van der Waals surface area (Å²) in [5.41, 5.74) is 0.995. The van der Waals surface area contributed by atoms with Crippen LogP contribution in [-0.2, 0) is 11.0 Å². The van der Waals surface area contributed by atoms with E-state index in [9.17, 15) is 18.0 Å². The van der Waals surface area contributed by atoms with Crippen LogP contribution in [0.5, 0.6) is 0 Å². The van der Waals surface area contributed by atoms with Crippen LogP contribution in [0, 0.1) is 0 Å². The lowest BCUT2D eigenvalue weighted by Crippen LogP contribution is -2.37. The lowest BCUT2D eigenvalue weighted by atomic mass is 9.84. The molecule has 1 atom stereocenters. The second-order valence-corrected chi connectivity index (χ2v) is 8.03. The minimum Gasteiger partial charge on any atom is -0.361 e. The monoisotopic (exact) mass is 414 g/mol. The number of hydrogen-bond acceptors (Lipinski definition) is 1. The first-order valence-corrected chi connectivity index (χ1v) is 10.4. The van der Waals surface area contributed by atoms with Crippen LogP contribution in [0.1, 0.15) is 61.1 Å². The van der Waals surface area contributed by atoms with Crippen molar-refractivity contribution in [1.82, 2.24) is 10.3 Å². The normalized spacial score (nSPS) is 16.5. The molecule has 0 aliphatic heterocycles. The molecule has 30 heavy (non-hydrogen) atoms. The van der Waals surface area contributed by atoms with Crippen LogP contribution in [0.25, 0.3) is 10.9 Å². The molecule has 4 rings (SSSR count). The summed E-state index contributed by atoms with van der Waals surface area (Å²) in [5.74, 6) is -0.892. The van der Waals surface area contributed by atoms with Crippen LogP contribution in [0.15, 0.2) is 54.7 Å². The molecule has 0 saturated heterocycles. The highest BCUT2D eigenvalue weighted by molar-refractivity contribution is 5.86. The fraction of sp³-hybridized carbons (Fsp3) is 0.375. The van der Waals surface area contributed by atoms with Crippen molar-refractivity contribution < 1.29 is 18.0 Å². The van der Waals surface area contributed by atoms with Crippen molar-refractivity contribution in [2.24, 2.45) is 0 Å². The van der Waals surface area contributed by atoms with Crippen LogP contribution in [0.4, 0.5) is 13.2 Å². The number of para-hydroxylation sites is 1. The van der Waals surface area contributed by atoms with Crippen molar-refractivity contribution in [1.29, 1.82) is 0 Å². The van der Waals surface area contributed by atoms with Gasteiger partial charge in [-0.25, -0.2) is 0 Å². The van der Waals surface area contributed by atoms with E-state index in [0.717, 1.165) is 42.7 Å². The van der Waals surface area contributed by atoms with Crippen molar-refractivity contribution in [3.05, 3.63) is 71.4 Å². The van der Waals surface area contributed by atoms with Crippen LogP contribution >= 0.6 is 0 Å². The van der Waals surface area contributed by atoms with E-state index in [2.05, 4.69) is 10.3 Å². The maximum Gasteiger partial charge on any atom is 0.416 e. The number of amides is 1. The minimum atomic E-state index is -4.49. The average molecular weight is 414 g/mol. The molecule has 1 heterocycles.